The first kappa shape index (κ1) is 14.0. The number of aldehydes is 1. The summed E-state index contributed by atoms with van der Waals surface area (Å²) < 4.78 is 10.1. The van der Waals surface area contributed by atoms with E-state index in [2.05, 4.69) is 0 Å². The van der Waals surface area contributed by atoms with E-state index in [1.807, 2.05) is 13.0 Å². The van der Waals surface area contributed by atoms with Gasteiger partial charge in [-0.3, -0.25) is 4.79 Å². The quantitative estimate of drug-likeness (QED) is 0.440. The van der Waals surface area contributed by atoms with Gasteiger partial charge in [-0.2, -0.15) is 0 Å². The van der Waals surface area contributed by atoms with Crippen molar-refractivity contribution in [2.45, 2.75) is 13.8 Å². The number of hydrogen-bond acceptors (Lipinski definition) is 4. The van der Waals surface area contributed by atoms with Gasteiger partial charge in [0.05, 0.1) is 12.2 Å². The maximum atomic E-state index is 11.0. The topological polar surface area (TPSA) is 52.6 Å². The van der Waals surface area contributed by atoms with Crippen LogP contribution in [0.15, 0.2) is 30.4 Å². The highest BCUT2D eigenvalue weighted by Gasteiger charge is 2.02. The fraction of sp³-hybridized carbons (Fsp3) is 0.286. The third kappa shape index (κ3) is 4.41. The van der Waals surface area contributed by atoms with Crippen LogP contribution in [0, 0.1) is 6.92 Å². The molecule has 0 amide bonds. The maximum absolute atomic E-state index is 11.0. The molecule has 4 heteroatoms. The zero-order valence-corrected chi connectivity index (χ0v) is 10.5. The summed E-state index contributed by atoms with van der Waals surface area (Å²) in [5, 5.41) is 0. The molecule has 1 aromatic carbocycles. The van der Waals surface area contributed by atoms with Crippen LogP contribution >= 0.6 is 0 Å². The van der Waals surface area contributed by atoms with Crippen molar-refractivity contribution in [3.05, 3.63) is 41.5 Å². The Balaban J connectivity index is 2.53. The van der Waals surface area contributed by atoms with E-state index in [1.165, 1.54) is 6.08 Å². The van der Waals surface area contributed by atoms with Gasteiger partial charge in [0.2, 0.25) is 0 Å². The van der Waals surface area contributed by atoms with Crippen molar-refractivity contribution in [2.24, 2.45) is 0 Å². The number of carbonyl (C=O) groups is 2. The Morgan fingerprint density at radius 2 is 2.17 bits per heavy atom. The molecule has 0 heterocycles. The van der Waals surface area contributed by atoms with E-state index in [9.17, 15) is 9.59 Å². The van der Waals surface area contributed by atoms with Gasteiger partial charge in [0.25, 0.3) is 0 Å². The Hall–Kier alpha value is -2.10. The van der Waals surface area contributed by atoms with Crippen molar-refractivity contribution < 1.29 is 19.1 Å². The van der Waals surface area contributed by atoms with E-state index < -0.39 is 5.97 Å². The fourth-order valence-corrected chi connectivity index (χ4v) is 1.36. The van der Waals surface area contributed by atoms with Crippen molar-refractivity contribution in [3.63, 3.8) is 0 Å². The standard InChI is InChI=1S/C14H16O4/c1-3-17-14(16)5-4-8-18-13-7-6-11(2)9-12(13)10-15/h4-7,9-10H,3,8H2,1-2H3/b5-4+. The molecule has 0 N–H and O–H groups in total. The molecule has 96 valence electrons. The molecule has 0 saturated heterocycles. The number of aryl methyl sites for hydroxylation is 1. The van der Waals surface area contributed by atoms with Crippen molar-refractivity contribution in [3.8, 4) is 5.75 Å². The zero-order valence-electron chi connectivity index (χ0n) is 10.5. The Morgan fingerprint density at radius 1 is 1.39 bits per heavy atom. The molecule has 1 aromatic rings. The number of benzene rings is 1. The molecule has 0 radical (unpaired) electrons. The Morgan fingerprint density at radius 3 is 2.83 bits per heavy atom. The summed E-state index contributed by atoms with van der Waals surface area (Å²) in [5.41, 5.74) is 1.49. The van der Waals surface area contributed by atoms with Crippen LogP contribution in [0.3, 0.4) is 0 Å². The average Bonchev–Trinajstić information content (AvgIpc) is 2.36. The highest BCUT2D eigenvalue weighted by Crippen LogP contribution is 2.17. The van der Waals surface area contributed by atoms with Crippen LogP contribution in [0.2, 0.25) is 0 Å². The van der Waals surface area contributed by atoms with E-state index in [1.54, 1.807) is 25.1 Å². The molecule has 0 aliphatic carbocycles. The number of ether oxygens (including phenoxy) is 2. The molecular formula is C14H16O4. The van der Waals surface area contributed by atoms with Gasteiger partial charge in [-0.15, -0.1) is 0 Å². The molecule has 0 fully saturated rings. The normalized spacial score (nSPS) is 10.3. The molecule has 0 aromatic heterocycles. The molecule has 0 aliphatic rings. The van der Waals surface area contributed by atoms with Gasteiger partial charge in [-0.25, -0.2) is 4.79 Å². The maximum Gasteiger partial charge on any atom is 0.330 e. The minimum absolute atomic E-state index is 0.211. The minimum atomic E-state index is -0.402. The van der Waals surface area contributed by atoms with Crippen molar-refractivity contribution in [2.75, 3.05) is 13.2 Å². The Bertz CT molecular complexity index is 449. The van der Waals surface area contributed by atoms with Gasteiger partial charge >= 0.3 is 5.97 Å². The lowest BCUT2D eigenvalue weighted by molar-refractivity contribution is -0.137. The summed E-state index contributed by atoms with van der Waals surface area (Å²) in [5.74, 6) is 0.102. The van der Waals surface area contributed by atoms with Crippen LogP contribution in [0.1, 0.15) is 22.8 Å². The third-order valence-corrected chi connectivity index (χ3v) is 2.17. The summed E-state index contributed by atoms with van der Waals surface area (Å²) in [6, 6.07) is 5.34. The summed E-state index contributed by atoms with van der Waals surface area (Å²) in [7, 11) is 0. The second-order valence-electron chi connectivity index (χ2n) is 3.62. The summed E-state index contributed by atoms with van der Waals surface area (Å²) in [6.45, 7) is 4.20. The second-order valence-corrected chi connectivity index (χ2v) is 3.62. The highest BCUT2D eigenvalue weighted by molar-refractivity contribution is 5.82. The summed E-state index contributed by atoms with van der Waals surface area (Å²) >= 11 is 0. The average molecular weight is 248 g/mol. The third-order valence-electron chi connectivity index (χ3n) is 2.17. The molecule has 0 atom stereocenters. The molecule has 0 spiro atoms. The van der Waals surface area contributed by atoms with E-state index in [4.69, 9.17) is 9.47 Å². The predicted octanol–water partition coefficient (Wildman–Crippen LogP) is 2.31. The molecule has 0 aliphatic heterocycles. The first-order chi connectivity index (χ1) is 8.67. The van der Waals surface area contributed by atoms with Crippen LogP contribution in [-0.4, -0.2) is 25.5 Å². The SMILES string of the molecule is CCOC(=O)/C=C/COc1ccc(C)cc1C=O. The van der Waals surface area contributed by atoms with Crippen LogP contribution in [-0.2, 0) is 9.53 Å². The molecule has 1 rings (SSSR count). The molecular weight excluding hydrogens is 232 g/mol. The lowest BCUT2D eigenvalue weighted by atomic mass is 10.1. The lowest BCUT2D eigenvalue weighted by Gasteiger charge is -2.06. The van der Waals surface area contributed by atoms with Crippen LogP contribution in [0.25, 0.3) is 0 Å². The van der Waals surface area contributed by atoms with Gasteiger partial charge in [-0.05, 0) is 32.1 Å². The van der Waals surface area contributed by atoms with Gasteiger partial charge in [0.15, 0.2) is 6.29 Å². The second kappa shape index (κ2) is 7.27. The van der Waals surface area contributed by atoms with Crippen LogP contribution in [0.5, 0.6) is 5.75 Å². The van der Waals surface area contributed by atoms with Gasteiger partial charge < -0.3 is 9.47 Å². The van der Waals surface area contributed by atoms with Crippen LogP contribution in [0.4, 0.5) is 0 Å². The molecule has 0 saturated carbocycles. The van der Waals surface area contributed by atoms with Gasteiger partial charge in [0.1, 0.15) is 12.4 Å². The summed E-state index contributed by atoms with van der Waals surface area (Å²) in [6.07, 6.45) is 3.60. The largest absolute Gasteiger partial charge is 0.489 e. The molecule has 0 bridgehead atoms. The number of rotatable bonds is 6. The highest BCUT2D eigenvalue weighted by atomic mass is 16.5. The monoisotopic (exact) mass is 248 g/mol. The van der Waals surface area contributed by atoms with E-state index in [0.29, 0.717) is 17.9 Å². The number of hydrogen-bond donors (Lipinski definition) is 0. The van der Waals surface area contributed by atoms with Crippen molar-refractivity contribution in [1.29, 1.82) is 0 Å². The molecule has 4 nitrogen and oxygen atoms in total. The van der Waals surface area contributed by atoms with E-state index in [-0.39, 0.29) is 6.61 Å². The number of carbonyl (C=O) groups excluding carboxylic acids is 2. The zero-order chi connectivity index (χ0) is 13.4. The molecule has 0 unspecified atom stereocenters. The van der Waals surface area contributed by atoms with Gasteiger partial charge in [-0.1, -0.05) is 11.6 Å². The van der Waals surface area contributed by atoms with Crippen molar-refractivity contribution >= 4 is 12.3 Å². The first-order valence-electron chi connectivity index (χ1n) is 5.69. The predicted molar refractivity (Wildman–Crippen MR) is 67.8 cm³/mol. The number of esters is 1. The minimum Gasteiger partial charge on any atom is -0.489 e. The first-order valence-corrected chi connectivity index (χ1v) is 5.69. The molecule has 18 heavy (non-hydrogen) atoms. The smallest absolute Gasteiger partial charge is 0.330 e. The Kier molecular flexibility index (Phi) is 5.64. The Labute approximate surface area is 106 Å². The summed E-state index contributed by atoms with van der Waals surface area (Å²) in [4.78, 5) is 21.8. The van der Waals surface area contributed by atoms with Crippen LogP contribution < -0.4 is 4.74 Å². The van der Waals surface area contributed by atoms with E-state index in [0.717, 1.165) is 11.8 Å². The lowest BCUT2D eigenvalue weighted by Crippen LogP contribution is -2.01. The van der Waals surface area contributed by atoms with Gasteiger partial charge in [0, 0.05) is 6.08 Å². The fourth-order valence-electron chi connectivity index (χ4n) is 1.36. The van der Waals surface area contributed by atoms with E-state index >= 15 is 0 Å². The van der Waals surface area contributed by atoms with Crippen molar-refractivity contribution in [1.82, 2.24) is 0 Å².